The second-order valence-corrected chi connectivity index (χ2v) is 4.61. The van der Waals surface area contributed by atoms with Crippen LogP contribution in [0.3, 0.4) is 0 Å². The largest absolute Gasteiger partial charge is 0.497 e. The number of ether oxygens (including phenoxy) is 1. The molecule has 0 atom stereocenters. The molecule has 5 nitrogen and oxygen atoms in total. The second-order valence-electron chi connectivity index (χ2n) is 3.74. The van der Waals surface area contributed by atoms with Crippen LogP contribution in [-0.2, 0) is 7.05 Å². The van der Waals surface area contributed by atoms with Crippen LogP contribution in [0.2, 0.25) is 0 Å². The molecule has 19 heavy (non-hydrogen) atoms. The van der Waals surface area contributed by atoms with Crippen LogP contribution in [0.25, 0.3) is 0 Å². The van der Waals surface area contributed by atoms with Crippen molar-refractivity contribution < 1.29 is 9.53 Å². The third-order valence-electron chi connectivity index (χ3n) is 2.44. The number of ketones is 1. The van der Waals surface area contributed by atoms with E-state index in [4.69, 9.17) is 4.74 Å². The fourth-order valence-electron chi connectivity index (χ4n) is 1.39. The van der Waals surface area contributed by atoms with E-state index in [0.29, 0.717) is 5.56 Å². The van der Waals surface area contributed by atoms with E-state index < -0.39 is 0 Å². The minimum absolute atomic E-state index is 0.0580. The fourth-order valence-corrected chi connectivity index (χ4v) is 2.01. The minimum atomic E-state index is -0.0580. The van der Waals surface area contributed by atoms with E-state index in [0.717, 1.165) is 10.9 Å². The topological polar surface area (TPSA) is 57.0 Å². The molecule has 1 heterocycles. The van der Waals surface area contributed by atoms with Gasteiger partial charge in [0.15, 0.2) is 10.9 Å². The zero-order chi connectivity index (χ0) is 13.7. The molecule has 1 aromatic carbocycles. The maximum atomic E-state index is 11.9. The van der Waals surface area contributed by atoms with Crippen LogP contribution in [0.4, 0.5) is 0 Å². The van der Waals surface area contributed by atoms with E-state index >= 15 is 0 Å². The zero-order valence-electron chi connectivity index (χ0n) is 10.6. The van der Waals surface area contributed by atoms with Crippen LogP contribution in [-0.4, -0.2) is 27.7 Å². The van der Waals surface area contributed by atoms with Gasteiger partial charge in [0.05, 0.1) is 7.11 Å². The third kappa shape index (κ3) is 3.45. The van der Waals surface area contributed by atoms with Gasteiger partial charge in [0.1, 0.15) is 12.1 Å². The van der Waals surface area contributed by atoms with E-state index in [2.05, 4.69) is 10.2 Å². The van der Waals surface area contributed by atoms with Crippen LogP contribution in [0.5, 0.6) is 5.75 Å². The lowest BCUT2D eigenvalue weighted by molar-refractivity contribution is 0.104. The molecule has 0 saturated heterocycles. The molecule has 0 spiro atoms. The highest BCUT2D eigenvalue weighted by Crippen LogP contribution is 2.16. The Kier molecular flexibility index (Phi) is 4.35. The molecule has 6 heteroatoms. The van der Waals surface area contributed by atoms with Crippen molar-refractivity contribution in [2.24, 2.45) is 7.05 Å². The molecule has 0 fully saturated rings. The summed E-state index contributed by atoms with van der Waals surface area (Å²) in [5.74, 6) is 0.673. The number of thioether (sulfide) groups is 1. The smallest absolute Gasteiger partial charge is 0.194 e. The molecule has 0 aliphatic carbocycles. The molecule has 1 aromatic heterocycles. The highest BCUT2D eigenvalue weighted by Gasteiger charge is 2.03. The zero-order valence-corrected chi connectivity index (χ0v) is 11.4. The molecule has 0 amide bonds. The summed E-state index contributed by atoms with van der Waals surface area (Å²) in [6, 6.07) is 6.99. The molecule has 2 rings (SSSR count). The van der Waals surface area contributed by atoms with Gasteiger partial charge in [0.25, 0.3) is 0 Å². The number of carbonyl (C=O) groups is 1. The van der Waals surface area contributed by atoms with Crippen LogP contribution in [0.1, 0.15) is 10.4 Å². The molecule has 0 bridgehead atoms. The van der Waals surface area contributed by atoms with Gasteiger partial charge < -0.3 is 9.30 Å². The van der Waals surface area contributed by atoms with Gasteiger partial charge >= 0.3 is 0 Å². The van der Waals surface area contributed by atoms with Gasteiger partial charge in [-0.1, -0.05) is 11.8 Å². The van der Waals surface area contributed by atoms with Crippen molar-refractivity contribution >= 4 is 17.5 Å². The Morgan fingerprint density at radius 2 is 2.11 bits per heavy atom. The van der Waals surface area contributed by atoms with E-state index in [9.17, 15) is 4.79 Å². The lowest BCUT2D eigenvalue weighted by Gasteiger charge is -2.00. The Hall–Kier alpha value is -2.08. The normalized spacial score (nSPS) is 10.8. The molecular weight excluding hydrogens is 262 g/mol. The first-order valence-electron chi connectivity index (χ1n) is 5.56. The standard InChI is InChI=1S/C13H13N3O2S/c1-16-9-14-15-13(16)19-8-7-12(17)10-3-5-11(18-2)6-4-10/h3-9H,1-2H3/b8-7+. The van der Waals surface area contributed by atoms with Gasteiger partial charge in [-0.05, 0) is 35.7 Å². The first kappa shape index (κ1) is 13.4. The molecule has 2 aromatic rings. The van der Waals surface area contributed by atoms with Gasteiger partial charge in [-0.25, -0.2) is 0 Å². The summed E-state index contributed by atoms with van der Waals surface area (Å²) >= 11 is 1.35. The fraction of sp³-hybridized carbons (Fsp3) is 0.154. The van der Waals surface area contributed by atoms with E-state index in [1.54, 1.807) is 47.7 Å². The third-order valence-corrected chi connectivity index (χ3v) is 3.29. The summed E-state index contributed by atoms with van der Waals surface area (Å²) in [5, 5.41) is 10.1. The number of allylic oxidation sites excluding steroid dienone is 1. The van der Waals surface area contributed by atoms with E-state index in [1.807, 2.05) is 7.05 Å². The number of hydrogen-bond acceptors (Lipinski definition) is 5. The molecule has 0 aliphatic heterocycles. The van der Waals surface area contributed by atoms with Crippen molar-refractivity contribution in [3.8, 4) is 5.75 Å². The average Bonchev–Trinajstić information content (AvgIpc) is 2.84. The Morgan fingerprint density at radius 1 is 1.37 bits per heavy atom. The molecule has 0 N–H and O–H groups in total. The number of benzene rings is 1. The van der Waals surface area contributed by atoms with Crippen molar-refractivity contribution in [2.75, 3.05) is 7.11 Å². The lowest BCUT2D eigenvalue weighted by atomic mass is 10.1. The Labute approximate surface area is 115 Å². The Balaban J connectivity index is 1.98. The molecule has 0 radical (unpaired) electrons. The summed E-state index contributed by atoms with van der Waals surface area (Å²) in [6.45, 7) is 0. The molecule has 0 unspecified atom stereocenters. The number of aryl methyl sites for hydroxylation is 1. The van der Waals surface area contributed by atoms with Gasteiger partial charge in [0, 0.05) is 12.6 Å². The summed E-state index contributed by atoms with van der Waals surface area (Å²) in [4.78, 5) is 11.9. The summed E-state index contributed by atoms with van der Waals surface area (Å²) in [7, 11) is 3.44. The van der Waals surface area contributed by atoms with Crippen LogP contribution in [0.15, 0.2) is 47.2 Å². The minimum Gasteiger partial charge on any atom is -0.497 e. The number of aromatic nitrogens is 3. The van der Waals surface area contributed by atoms with Crippen molar-refractivity contribution in [1.29, 1.82) is 0 Å². The number of hydrogen-bond donors (Lipinski definition) is 0. The highest BCUT2D eigenvalue weighted by atomic mass is 32.2. The first-order chi connectivity index (χ1) is 9.20. The van der Waals surface area contributed by atoms with Crippen LogP contribution >= 0.6 is 11.8 Å². The quantitative estimate of drug-likeness (QED) is 0.476. The summed E-state index contributed by atoms with van der Waals surface area (Å²) in [5.41, 5.74) is 0.621. The summed E-state index contributed by atoms with van der Waals surface area (Å²) in [6.07, 6.45) is 3.13. The van der Waals surface area contributed by atoms with Gasteiger partial charge in [0.2, 0.25) is 0 Å². The van der Waals surface area contributed by atoms with Crippen molar-refractivity contribution in [1.82, 2.24) is 14.8 Å². The SMILES string of the molecule is COc1ccc(C(=O)/C=C/Sc2nncn2C)cc1. The van der Waals surface area contributed by atoms with Gasteiger partial charge in [-0.2, -0.15) is 0 Å². The van der Waals surface area contributed by atoms with Crippen molar-refractivity contribution in [2.45, 2.75) is 5.16 Å². The van der Waals surface area contributed by atoms with Gasteiger partial charge in [-0.15, -0.1) is 10.2 Å². The second kappa shape index (κ2) is 6.19. The maximum Gasteiger partial charge on any atom is 0.194 e. The predicted octanol–water partition coefficient (Wildman–Crippen LogP) is 2.31. The molecular formula is C13H13N3O2S. The maximum absolute atomic E-state index is 11.9. The number of rotatable bonds is 5. The van der Waals surface area contributed by atoms with E-state index in [-0.39, 0.29) is 5.78 Å². The summed E-state index contributed by atoms with van der Waals surface area (Å²) < 4.78 is 6.83. The number of methoxy groups -OCH3 is 1. The Bertz CT molecular complexity index is 590. The molecule has 0 aliphatic rings. The Morgan fingerprint density at radius 3 is 2.68 bits per heavy atom. The number of carbonyl (C=O) groups excluding carboxylic acids is 1. The average molecular weight is 275 g/mol. The lowest BCUT2D eigenvalue weighted by Crippen LogP contribution is -1.94. The van der Waals surface area contributed by atoms with E-state index in [1.165, 1.54) is 17.8 Å². The predicted molar refractivity (Wildman–Crippen MR) is 73.3 cm³/mol. The monoisotopic (exact) mass is 275 g/mol. The van der Waals surface area contributed by atoms with Crippen molar-refractivity contribution in [3.05, 3.63) is 47.6 Å². The molecule has 0 saturated carbocycles. The van der Waals surface area contributed by atoms with Gasteiger partial charge in [-0.3, -0.25) is 4.79 Å². The highest BCUT2D eigenvalue weighted by molar-refractivity contribution is 8.02. The van der Waals surface area contributed by atoms with Crippen LogP contribution in [0, 0.1) is 0 Å². The van der Waals surface area contributed by atoms with Crippen molar-refractivity contribution in [3.63, 3.8) is 0 Å². The molecule has 98 valence electrons. The first-order valence-corrected chi connectivity index (χ1v) is 6.44. The number of nitrogens with zero attached hydrogens (tertiary/aromatic N) is 3. The van der Waals surface area contributed by atoms with Crippen LogP contribution < -0.4 is 4.74 Å².